The fraction of sp³-hybridized carbons (Fsp3) is 0.447. The number of nitrogens with one attached hydrogen (secondary N) is 6. The van der Waals surface area contributed by atoms with Crippen LogP contribution in [0.15, 0.2) is 91.0 Å². The molecule has 0 unspecified atom stereocenters. The van der Waals surface area contributed by atoms with Gasteiger partial charge in [0.05, 0.1) is 12.6 Å². The highest BCUT2D eigenvalue weighted by molar-refractivity contribution is 5.95. The molecule has 9 N–H and O–H groups in total. The number of ether oxygens (including phenoxy) is 1. The monoisotopic (exact) mass is 885 g/mol. The zero-order valence-electron chi connectivity index (χ0n) is 37.6. The first kappa shape index (κ1) is 51.7. The van der Waals surface area contributed by atoms with Crippen molar-refractivity contribution in [2.75, 3.05) is 6.54 Å². The van der Waals surface area contributed by atoms with E-state index in [0.717, 1.165) is 16.7 Å². The summed E-state index contributed by atoms with van der Waals surface area (Å²) in [4.78, 5) is 105. The number of amides is 6. The van der Waals surface area contributed by atoms with E-state index in [1.54, 1.807) is 20.8 Å². The van der Waals surface area contributed by atoms with E-state index in [0.29, 0.717) is 6.42 Å². The summed E-state index contributed by atoms with van der Waals surface area (Å²) in [6, 6.07) is 21.8. The van der Waals surface area contributed by atoms with Gasteiger partial charge in [-0.05, 0) is 76.5 Å². The Morgan fingerprint density at radius 2 is 1.06 bits per heavy atom. The Morgan fingerprint density at radius 3 is 1.53 bits per heavy atom. The number of nitrogens with two attached hydrogens (primary N) is 1. The molecule has 3 aromatic rings. The quantitative estimate of drug-likeness (QED) is 0.0507. The highest BCUT2D eigenvalue weighted by Crippen LogP contribution is 2.37. The van der Waals surface area contributed by atoms with Crippen molar-refractivity contribution < 1.29 is 48.2 Å². The Balaban J connectivity index is 1.87. The third kappa shape index (κ3) is 16.3. The molecule has 0 radical (unpaired) electrons. The average molecular weight is 886 g/mol. The zero-order valence-corrected chi connectivity index (χ0v) is 37.6. The summed E-state index contributed by atoms with van der Waals surface area (Å²) in [5, 5.41) is 24.7. The SMILES string of the molecule is CC(C)C[C@H](N)C(=O)N[C@@H](CCC(=O)OC(C)(C)C)C(=O)NCC(=O)N[C@@H](CCC(=O)NC(c1ccccc1)(c1ccccc1)c1ccccc1)C(=O)N[C@@H](C)C(=O)N[C@@H](C)C(=O)O. The number of benzene rings is 3. The molecule has 0 saturated heterocycles. The molecule has 0 aliphatic carbocycles. The molecule has 3 rings (SSSR count). The van der Waals surface area contributed by atoms with Gasteiger partial charge >= 0.3 is 11.9 Å². The molecule has 0 bridgehead atoms. The van der Waals surface area contributed by atoms with Gasteiger partial charge in [-0.25, -0.2) is 0 Å². The van der Waals surface area contributed by atoms with Gasteiger partial charge in [-0.15, -0.1) is 0 Å². The highest BCUT2D eigenvalue weighted by Gasteiger charge is 2.38. The smallest absolute Gasteiger partial charge is 0.325 e. The fourth-order valence-electron chi connectivity index (χ4n) is 6.73. The Hall–Kier alpha value is -6.62. The van der Waals surface area contributed by atoms with Crippen LogP contribution in [0.1, 0.15) is 97.3 Å². The van der Waals surface area contributed by atoms with E-state index in [2.05, 4.69) is 31.9 Å². The van der Waals surface area contributed by atoms with E-state index >= 15 is 0 Å². The number of carboxylic acid groups (broad SMARTS) is 1. The second-order valence-electron chi connectivity index (χ2n) is 17.0. The molecular formula is C47H63N7O10. The first-order chi connectivity index (χ1) is 30.1. The molecule has 0 aliphatic heterocycles. The Bertz CT molecular complexity index is 1960. The summed E-state index contributed by atoms with van der Waals surface area (Å²) < 4.78 is 5.35. The van der Waals surface area contributed by atoms with Crippen molar-refractivity contribution in [3.8, 4) is 0 Å². The minimum atomic E-state index is -1.45. The number of rotatable bonds is 23. The van der Waals surface area contributed by atoms with E-state index < -0.39 is 95.3 Å². The van der Waals surface area contributed by atoms with Crippen molar-refractivity contribution in [3.05, 3.63) is 108 Å². The molecule has 5 atom stereocenters. The molecule has 17 heteroatoms. The molecule has 0 aromatic heterocycles. The molecule has 0 saturated carbocycles. The van der Waals surface area contributed by atoms with Crippen LogP contribution in [-0.4, -0.2) is 94.8 Å². The van der Waals surface area contributed by atoms with Crippen molar-refractivity contribution in [3.63, 3.8) is 0 Å². The zero-order chi connectivity index (χ0) is 47.6. The summed E-state index contributed by atoms with van der Waals surface area (Å²) in [7, 11) is 0. The molecular weight excluding hydrogens is 823 g/mol. The lowest BCUT2D eigenvalue weighted by molar-refractivity contribution is -0.155. The third-order valence-corrected chi connectivity index (χ3v) is 9.92. The van der Waals surface area contributed by atoms with E-state index in [-0.39, 0.29) is 31.6 Å². The van der Waals surface area contributed by atoms with Crippen LogP contribution in [0.4, 0.5) is 0 Å². The number of aliphatic carboxylic acids is 1. The average Bonchev–Trinajstić information content (AvgIpc) is 3.24. The number of esters is 1. The van der Waals surface area contributed by atoms with Gasteiger partial charge in [-0.2, -0.15) is 0 Å². The minimum Gasteiger partial charge on any atom is -0.480 e. The summed E-state index contributed by atoms with van der Waals surface area (Å²) in [6.07, 6.45) is -0.706. The first-order valence-corrected chi connectivity index (χ1v) is 21.3. The lowest BCUT2D eigenvalue weighted by atomic mass is 9.77. The van der Waals surface area contributed by atoms with E-state index in [1.165, 1.54) is 13.8 Å². The predicted molar refractivity (Wildman–Crippen MR) is 239 cm³/mol. The number of carbonyl (C=O) groups excluding carboxylic acids is 7. The number of hydrogen-bond acceptors (Lipinski definition) is 10. The van der Waals surface area contributed by atoms with E-state index in [1.807, 2.05) is 105 Å². The first-order valence-electron chi connectivity index (χ1n) is 21.3. The Labute approximate surface area is 374 Å². The van der Waals surface area contributed by atoms with Crippen molar-refractivity contribution in [1.29, 1.82) is 0 Å². The second-order valence-corrected chi connectivity index (χ2v) is 17.0. The largest absolute Gasteiger partial charge is 0.480 e. The van der Waals surface area contributed by atoms with Gasteiger partial charge in [0.25, 0.3) is 0 Å². The summed E-state index contributed by atoms with van der Waals surface area (Å²) in [5.41, 5.74) is 6.31. The van der Waals surface area contributed by atoms with Crippen LogP contribution < -0.4 is 37.6 Å². The molecule has 17 nitrogen and oxygen atoms in total. The third-order valence-electron chi connectivity index (χ3n) is 9.92. The fourth-order valence-corrected chi connectivity index (χ4v) is 6.73. The molecule has 0 heterocycles. The molecule has 3 aromatic carbocycles. The topological polar surface area (TPSA) is 264 Å². The van der Waals surface area contributed by atoms with Gasteiger partial charge in [0.1, 0.15) is 35.3 Å². The van der Waals surface area contributed by atoms with Crippen LogP contribution in [0.2, 0.25) is 0 Å². The molecule has 0 spiro atoms. The molecule has 6 amide bonds. The van der Waals surface area contributed by atoms with Crippen molar-refractivity contribution in [2.45, 2.75) is 122 Å². The molecule has 64 heavy (non-hydrogen) atoms. The van der Waals surface area contributed by atoms with Crippen molar-refractivity contribution in [1.82, 2.24) is 31.9 Å². The summed E-state index contributed by atoms with van der Waals surface area (Å²) >= 11 is 0. The lowest BCUT2D eigenvalue weighted by Gasteiger charge is -2.37. The number of carboxylic acids is 1. The Morgan fingerprint density at radius 1 is 0.594 bits per heavy atom. The standard InChI is InChI=1S/C47H63N7O10/c1-29(2)27-35(48)42(59)53-36(24-26-40(57)64-46(5,6)7)43(60)49-28-39(56)52-37(44(61)50-30(3)41(58)51-31(4)45(62)63)23-25-38(55)54-47(32-17-11-8-12-18-32,33-19-13-9-14-20-33)34-21-15-10-16-22-34/h8-22,29-31,35-37H,23-28,48H2,1-7H3,(H,49,60)(H,50,61)(H,51,58)(H,52,56)(H,53,59)(H,54,55)(H,62,63)/t30-,31-,35-,36-,37-/m0/s1. The normalized spacial score (nSPS) is 13.8. The van der Waals surface area contributed by atoms with Crippen LogP contribution in [0.25, 0.3) is 0 Å². The van der Waals surface area contributed by atoms with Crippen molar-refractivity contribution >= 4 is 47.4 Å². The van der Waals surface area contributed by atoms with Gasteiger partial charge in [0, 0.05) is 12.8 Å². The summed E-state index contributed by atoms with van der Waals surface area (Å²) in [5.74, 6) is -6.36. The van der Waals surface area contributed by atoms with E-state index in [9.17, 15) is 43.5 Å². The lowest BCUT2D eigenvalue weighted by Crippen LogP contribution is -2.56. The summed E-state index contributed by atoms with van der Waals surface area (Å²) in [6.45, 7) is 10.7. The number of hydrogen-bond donors (Lipinski definition) is 8. The van der Waals surface area contributed by atoms with Gasteiger partial charge in [0.15, 0.2) is 0 Å². The second kappa shape index (κ2) is 24.3. The maximum atomic E-state index is 14.2. The van der Waals surface area contributed by atoms with Gasteiger partial charge in [0.2, 0.25) is 35.4 Å². The molecule has 0 fully saturated rings. The number of carbonyl (C=O) groups is 8. The van der Waals surface area contributed by atoms with E-state index in [4.69, 9.17) is 10.5 Å². The van der Waals surface area contributed by atoms with Crippen LogP contribution in [0.3, 0.4) is 0 Å². The van der Waals surface area contributed by atoms with Gasteiger partial charge in [-0.3, -0.25) is 38.4 Å². The maximum Gasteiger partial charge on any atom is 0.325 e. The highest BCUT2D eigenvalue weighted by atomic mass is 16.6. The minimum absolute atomic E-state index is 0.0690. The molecule has 346 valence electrons. The van der Waals surface area contributed by atoms with Crippen molar-refractivity contribution in [2.24, 2.45) is 11.7 Å². The van der Waals surface area contributed by atoms with Crippen LogP contribution in [-0.2, 0) is 48.6 Å². The van der Waals surface area contributed by atoms with Crippen LogP contribution in [0, 0.1) is 5.92 Å². The van der Waals surface area contributed by atoms with Crippen LogP contribution in [0.5, 0.6) is 0 Å². The maximum absolute atomic E-state index is 14.2. The van der Waals surface area contributed by atoms with Gasteiger partial charge < -0.3 is 47.5 Å². The van der Waals surface area contributed by atoms with Crippen LogP contribution >= 0.6 is 0 Å². The predicted octanol–water partition coefficient (Wildman–Crippen LogP) is 2.55. The Kier molecular flexibility index (Phi) is 19.6. The van der Waals surface area contributed by atoms with Gasteiger partial charge in [-0.1, -0.05) is 105 Å². The molecule has 0 aliphatic rings.